The summed E-state index contributed by atoms with van der Waals surface area (Å²) in [7, 11) is 0. The average Bonchev–Trinajstić information content (AvgIpc) is 3.13. The molecule has 1 aromatic rings. The van der Waals surface area contributed by atoms with Crippen LogP contribution in [0.1, 0.15) is 33.6 Å². The van der Waals surface area contributed by atoms with Gasteiger partial charge in [0.2, 0.25) is 0 Å². The Morgan fingerprint density at radius 1 is 1.47 bits per heavy atom. The predicted octanol–water partition coefficient (Wildman–Crippen LogP) is 1.65. The standard InChI is InChI=1S/C13H22N6/c1-13(2,3)17-11-10(5-4-8-16-11)19(15)12(18-14)9-6-7-9/h4-5,8-9H,6-7,14-15H2,1-3H3,(H,16,17)/b18-12-. The van der Waals surface area contributed by atoms with Crippen LogP contribution in [-0.4, -0.2) is 16.4 Å². The summed E-state index contributed by atoms with van der Waals surface area (Å²) in [4.78, 5) is 4.35. The van der Waals surface area contributed by atoms with Crippen LogP contribution in [0, 0.1) is 5.92 Å². The number of hydrogen-bond donors (Lipinski definition) is 3. The van der Waals surface area contributed by atoms with Gasteiger partial charge in [0.15, 0.2) is 5.82 Å². The number of amidine groups is 1. The summed E-state index contributed by atoms with van der Waals surface area (Å²) >= 11 is 0. The lowest BCUT2D eigenvalue weighted by atomic mass is 10.1. The second-order valence-electron chi connectivity index (χ2n) is 5.88. The van der Waals surface area contributed by atoms with Crippen LogP contribution in [0.3, 0.4) is 0 Å². The van der Waals surface area contributed by atoms with Gasteiger partial charge in [-0.05, 0) is 45.7 Å². The molecule has 2 rings (SSSR count). The van der Waals surface area contributed by atoms with Gasteiger partial charge in [0, 0.05) is 17.7 Å². The Kier molecular flexibility index (Phi) is 3.61. The lowest BCUT2D eigenvalue weighted by molar-refractivity contribution is 0.630. The summed E-state index contributed by atoms with van der Waals surface area (Å²) in [6.07, 6.45) is 3.92. The van der Waals surface area contributed by atoms with E-state index in [0.29, 0.717) is 11.8 Å². The molecule has 6 heteroatoms. The number of hydrazone groups is 1. The summed E-state index contributed by atoms with van der Waals surface area (Å²) in [6, 6.07) is 3.76. The lowest BCUT2D eigenvalue weighted by Crippen LogP contribution is -2.40. The van der Waals surface area contributed by atoms with Gasteiger partial charge >= 0.3 is 0 Å². The Morgan fingerprint density at radius 2 is 2.16 bits per heavy atom. The molecule has 1 aliphatic rings. The van der Waals surface area contributed by atoms with Crippen molar-refractivity contribution >= 4 is 17.3 Å². The fourth-order valence-electron chi connectivity index (χ4n) is 1.87. The van der Waals surface area contributed by atoms with Crippen LogP contribution in [0.5, 0.6) is 0 Å². The summed E-state index contributed by atoms with van der Waals surface area (Å²) in [5.41, 5.74) is 0.692. The van der Waals surface area contributed by atoms with E-state index in [9.17, 15) is 0 Å². The Hall–Kier alpha value is -1.82. The molecule has 19 heavy (non-hydrogen) atoms. The minimum atomic E-state index is -0.0937. The molecule has 0 saturated heterocycles. The molecule has 0 atom stereocenters. The average molecular weight is 262 g/mol. The van der Waals surface area contributed by atoms with Crippen LogP contribution in [0.25, 0.3) is 0 Å². The first kappa shape index (κ1) is 13.6. The van der Waals surface area contributed by atoms with Crippen molar-refractivity contribution in [2.75, 3.05) is 10.3 Å². The van der Waals surface area contributed by atoms with Crippen molar-refractivity contribution in [3.05, 3.63) is 18.3 Å². The minimum absolute atomic E-state index is 0.0937. The van der Waals surface area contributed by atoms with E-state index in [0.717, 1.165) is 24.3 Å². The van der Waals surface area contributed by atoms with Gasteiger partial charge in [-0.3, -0.25) is 5.01 Å². The highest BCUT2D eigenvalue weighted by Gasteiger charge is 2.32. The van der Waals surface area contributed by atoms with E-state index >= 15 is 0 Å². The topological polar surface area (TPSA) is 92.6 Å². The van der Waals surface area contributed by atoms with Crippen molar-refractivity contribution < 1.29 is 0 Å². The Labute approximate surface area is 113 Å². The van der Waals surface area contributed by atoms with E-state index in [4.69, 9.17) is 11.7 Å². The molecule has 1 heterocycles. The van der Waals surface area contributed by atoms with Gasteiger partial charge in [0.05, 0.1) is 0 Å². The van der Waals surface area contributed by atoms with Gasteiger partial charge in [-0.25, -0.2) is 10.8 Å². The third-order valence-corrected chi connectivity index (χ3v) is 2.86. The van der Waals surface area contributed by atoms with Crippen LogP contribution in [0.15, 0.2) is 23.4 Å². The van der Waals surface area contributed by atoms with E-state index in [1.165, 1.54) is 0 Å². The molecule has 5 N–H and O–H groups in total. The van der Waals surface area contributed by atoms with Gasteiger partial charge in [0.25, 0.3) is 0 Å². The first-order valence-corrected chi connectivity index (χ1v) is 6.48. The second-order valence-corrected chi connectivity index (χ2v) is 5.88. The van der Waals surface area contributed by atoms with Crippen molar-refractivity contribution in [3.63, 3.8) is 0 Å². The van der Waals surface area contributed by atoms with Crippen LogP contribution < -0.4 is 22.0 Å². The normalized spacial score (nSPS) is 16.3. The molecular formula is C13H22N6. The molecule has 6 nitrogen and oxygen atoms in total. The molecular weight excluding hydrogens is 240 g/mol. The van der Waals surface area contributed by atoms with E-state index in [-0.39, 0.29) is 5.54 Å². The van der Waals surface area contributed by atoms with Crippen LogP contribution >= 0.6 is 0 Å². The highest BCUT2D eigenvalue weighted by atomic mass is 15.5. The highest BCUT2D eigenvalue weighted by Crippen LogP contribution is 2.34. The number of hydrogen-bond acceptors (Lipinski definition) is 5. The molecule has 1 aromatic heterocycles. The number of hydrazine groups is 1. The summed E-state index contributed by atoms with van der Waals surface area (Å²) in [5.74, 6) is 13.4. The Balaban J connectivity index is 2.28. The smallest absolute Gasteiger partial charge is 0.151 e. The van der Waals surface area contributed by atoms with Gasteiger partial charge in [0.1, 0.15) is 11.5 Å². The molecule has 0 unspecified atom stereocenters. The van der Waals surface area contributed by atoms with Crippen molar-refractivity contribution in [2.45, 2.75) is 39.2 Å². The molecule has 0 bridgehead atoms. The molecule has 0 radical (unpaired) electrons. The van der Waals surface area contributed by atoms with Crippen molar-refractivity contribution in [3.8, 4) is 0 Å². The maximum atomic E-state index is 6.15. The van der Waals surface area contributed by atoms with Crippen molar-refractivity contribution in [1.82, 2.24) is 4.98 Å². The van der Waals surface area contributed by atoms with E-state index in [1.807, 2.05) is 12.1 Å². The molecule has 0 aromatic carbocycles. The predicted molar refractivity (Wildman–Crippen MR) is 78.6 cm³/mol. The molecule has 0 spiro atoms. The number of rotatable bonds is 3. The number of nitrogens with zero attached hydrogens (tertiary/aromatic N) is 3. The Bertz CT molecular complexity index is 472. The number of nitrogens with two attached hydrogens (primary N) is 2. The lowest BCUT2D eigenvalue weighted by Gasteiger charge is -2.27. The van der Waals surface area contributed by atoms with Crippen LogP contribution in [-0.2, 0) is 0 Å². The maximum absolute atomic E-state index is 6.15. The number of anilines is 2. The SMILES string of the molecule is CC(C)(C)Nc1ncccc1N(N)/C(=N\N)C1CC1. The van der Waals surface area contributed by atoms with Gasteiger partial charge < -0.3 is 11.2 Å². The zero-order chi connectivity index (χ0) is 14.0. The van der Waals surface area contributed by atoms with Crippen molar-refractivity contribution in [2.24, 2.45) is 22.7 Å². The largest absolute Gasteiger partial charge is 0.364 e. The summed E-state index contributed by atoms with van der Waals surface area (Å²) in [6.45, 7) is 6.22. The van der Waals surface area contributed by atoms with Gasteiger partial charge in [-0.1, -0.05) is 0 Å². The summed E-state index contributed by atoms with van der Waals surface area (Å²) in [5, 5.41) is 8.71. The monoisotopic (exact) mass is 262 g/mol. The van der Waals surface area contributed by atoms with E-state index < -0.39 is 0 Å². The second kappa shape index (κ2) is 5.05. The van der Waals surface area contributed by atoms with Gasteiger partial charge in [-0.15, -0.1) is 0 Å². The minimum Gasteiger partial charge on any atom is -0.364 e. The first-order chi connectivity index (χ1) is 8.92. The van der Waals surface area contributed by atoms with Crippen LogP contribution in [0.2, 0.25) is 0 Å². The number of nitrogens with one attached hydrogen (secondary N) is 1. The molecule has 1 saturated carbocycles. The van der Waals surface area contributed by atoms with Gasteiger partial charge in [-0.2, -0.15) is 5.10 Å². The van der Waals surface area contributed by atoms with Crippen molar-refractivity contribution in [1.29, 1.82) is 0 Å². The van der Waals surface area contributed by atoms with E-state index in [1.54, 1.807) is 11.2 Å². The zero-order valence-corrected chi connectivity index (χ0v) is 11.7. The number of pyridine rings is 1. The quantitative estimate of drug-likeness (QED) is 0.333. The third-order valence-electron chi connectivity index (χ3n) is 2.86. The molecule has 1 fully saturated rings. The fraction of sp³-hybridized carbons (Fsp3) is 0.538. The Morgan fingerprint density at radius 3 is 2.68 bits per heavy atom. The first-order valence-electron chi connectivity index (χ1n) is 6.48. The molecule has 1 aliphatic carbocycles. The van der Waals surface area contributed by atoms with Crippen LogP contribution in [0.4, 0.5) is 11.5 Å². The van der Waals surface area contributed by atoms with E-state index in [2.05, 4.69) is 36.2 Å². The fourth-order valence-corrected chi connectivity index (χ4v) is 1.87. The molecule has 0 amide bonds. The summed E-state index contributed by atoms with van der Waals surface area (Å²) < 4.78 is 0. The maximum Gasteiger partial charge on any atom is 0.151 e. The molecule has 0 aliphatic heterocycles. The zero-order valence-electron chi connectivity index (χ0n) is 11.7. The number of aromatic nitrogens is 1. The highest BCUT2D eigenvalue weighted by molar-refractivity contribution is 6.01. The third kappa shape index (κ3) is 3.35. The molecule has 104 valence electrons.